The molecule has 0 saturated carbocycles. The summed E-state index contributed by atoms with van der Waals surface area (Å²) in [7, 11) is 0. The fourth-order valence-corrected chi connectivity index (χ4v) is 3.51. The Kier molecular flexibility index (Phi) is 5.94. The van der Waals surface area contributed by atoms with Crippen LogP contribution in [0.4, 0.5) is 30.6 Å². The lowest BCUT2D eigenvalue weighted by atomic mass is 9.90. The molecule has 7 nitrogen and oxygen atoms in total. The summed E-state index contributed by atoms with van der Waals surface area (Å²) in [5.41, 5.74) is -0.219. The Morgan fingerprint density at radius 1 is 1.23 bits per heavy atom. The first-order valence-electron chi connectivity index (χ1n) is 10.2. The van der Waals surface area contributed by atoms with Crippen LogP contribution in [0.1, 0.15) is 25.3 Å². The van der Waals surface area contributed by atoms with Crippen LogP contribution in [0.5, 0.6) is 5.75 Å². The summed E-state index contributed by atoms with van der Waals surface area (Å²) in [5.74, 6) is 0.592. The number of aliphatic hydroxyl groups excluding tert-OH is 1. The number of nitrogens with zero attached hydrogens (tertiary/aromatic N) is 3. The SMILES string of the molecule is CC1(COc2ccc(Nc3ncc(C(F)(F)F)c(N4CCC(O)CC4)n3)cc2)COC1. The average molecular weight is 438 g/mol. The van der Waals surface area contributed by atoms with Crippen LogP contribution >= 0.6 is 0 Å². The van der Waals surface area contributed by atoms with Gasteiger partial charge in [-0.15, -0.1) is 0 Å². The fourth-order valence-electron chi connectivity index (χ4n) is 3.51. The van der Waals surface area contributed by atoms with Gasteiger partial charge in [-0.3, -0.25) is 0 Å². The molecule has 0 amide bonds. The first kappa shape index (κ1) is 21.6. The maximum Gasteiger partial charge on any atom is 0.421 e. The number of anilines is 3. The highest BCUT2D eigenvalue weighted by atomic mass is 19.4. The Labute approximate surface area is 178 Å². The Morgan fingerprint density at radius 2 is 1.90 bits per heavy atom. The first-order valence-corrected chi connectivity index (χ1v) is 10.2. The van der Waals surface area contributed by atoms with Gasteiger partial charge in [0, 0.05) is 30.4 Å². The Balaban J connectivity index is 1.47. The van der Waals surface area contributed by atoms with Gasteiger partial charge in [0.1, 0.15) is 17.1 Å². The van der Waals surface area contributed by atoms with Crippen molar-refractivity contribution in [3.63, 3.8) is 0 Å². The molecule has 2 aliphatic heterocycles. The van der Waals surface area contributed by atoms with Crippen molar-refractivity contribution in [3.8, 4) is 5.75 Å². The van der Waals surface area contributed by atoms with Gasteiger partial charge in [0.25, 0.3) is 0 Å². The molecule has 2 saturated heterocycles. The number of hydrogen-bond acceptors (Lipinski definition) is 7. The largest absolute Gasteiger partial charge is 0.493 e. The molecule has 2 fully saturated rings. The van der Waals surface area contributed by atoms with E-state index in [1.54, 1.807) is 29.2 Å². The molecule has 1 aromatic heterocycles. The quantitative estimate of drug-likeness (QED) is 0.713. The van der Waals surface area contributed by atoms with Gasteiger partial charge in [-0.1, -0.05) is 6.92 Å². The highest BCUT2D eigenvalue weighted by Crippen LogP contribution is 2.37. The molecule has 4 rings (SSSR count). The summed E-state index contributed by atoms with van der Waals surface area (Å²) in [6.45, 7) is 4.60. The van der Waals surface area contributed by atoms with E-state index in [1.165, 1.54) is 0 Å². The molecule has 2 aliphatic rings. The van der Waals surface area contributed by atoms with E-state index < -0.39 is 17.8 Å². The van der Waals surface area contributed by atoms with E-state index >= 15 is 0 Å². The van der Waals surface area contributed by atoms with Crippen molar-refractivity contribution in [2.24, 2.45) is 5.41 Å². The fraction of sp³-hybridized carbons (Fsp3) is 0.524. The second-order valence-corrected chi connectivity index (χ2v) is 8.39. The Morgan fingerprint density at radius 3 is 2.48 bits per heavy atom. The minimum absolute atomic E-state index is 0.0336. The predicted molar refractivity (Wildman–Crippen MR) is 109 cm³/mol. The van der Waals surface area contributed by atoms with Crippen LogP contribution in [-0.2, 0) is 10.9 Å². The van der Waals surface area contributed by atoms with Crippen molar-refractivity contribution in [1.82, 2.24) is 9.97 Å². The lowest BCUT2D eigenvalue weighted by Crippen LogP contribution is -2.44. The van der Waals surface area contributed by atoms with Gasteiger partial charge in [-0.25, -0.2) is 4.98 Å². The smallest absolute Gasteiger partial charge is 0.421 e. The molecule has 0 radical (unpaired) electrons. The number of benzene rings is 1. The van der Waals surface area contributed by atoms with Gasteiger partial charge >= 0.3 is 6.18 Å². The number of halogens is 3. The van der Waals surface area contributed by atoms with Crippen LogP contribution in [0.3, 0.4) is 0 Å². The minimum atomic E-state index is -4.56. The predicted octanol–water partition coefficient (Wildman–Crippen LogP) is 3.62. The third kappa shape index (κ3) is 5.19. The van der Waals surface area contributed by atoms with Crippen LogP contribution in [0.15, 0.2) is 30.5 Å². The summed E-state index contributed by atoms with van der Waals surface area (Å²) in [4.78, 5) is 9.55. The molecule has 31 heavy (non-hydrogen) atoms. The van der Waals surface area contributed by atoms with Gasteiger partial charge in [-0.05, 0) is 37.1 Å². The number of rotatable bonds is 6. The molecule has 0 unspecified atom stereocenters. The lowest BCUT2D eigenvalue weighted by molar-refractivity contribution is -0.137. The Hall–Kier alpha value is -2.59. The number of alkyl halides is 3. The molecule has 1 aromatic carbocycles. The molecule has 2 aromatic rings. The van der Waals surface area contributed by atoms with Gasteiger partial charge in [0.05, 0.1) is 25.9 Å². The number of aliphatic hydroxyl groups is 1. The second kappa shape index (κ2) is 8.51. The van der Waals surface area contributed by atoms with E-state index in [1.807, 2.05) is 0 Å². The van der Waals surface area contributed by atoms with Crippen LogP contribution in [0.2, 0.25) is 0 Å². The van der Waals surface area contributed by atoms with Gasteiger partial charge < -0.3 is 24.8 Å². The van der Waals surface area contributed by atoms with E-state index in [0.717, 1.165) is 6.20 Å². The van der Waals surface area contributed by atoms with E-state index in [9.17, 15) is 18.3 Å². The minimum Gasteiger partial charge on any atom is -0.493 e. The average Bonchev–Trinajstić information content (AvgIpc) is 2.71. The van der Waals surface area contributed by atoms with E-state index in [-0.39, 0.29) is 17.2 Å². The lowest BCUT2D eigenvalue weighted by Gasteiger charge is -2.37. The normalized spacial score (nSPS) is 19.1. The van der Waals surface area contributed by atoms with Crippen molar-refractivity contribution in [3.05, 3.63) is 36.0 Å². The number of aromatic nitrogens is 2. The van der Waals surface area contributed by atoms with Crippen molar-refractivity contribution in [1.29, 1.82) is 0 Å². The third-order valence-electron chi connectivity index (χ3n) is 5.44. The van der Waals surface area contributed by atoms with Crippen LogP contribution in [0, 0.1) is 5.41 Å². The first-order chi connectivity index (χ1) is 14.7. The maximum absolute atomic E-state index is 13.5. The zero-order valence-corrected chi connectivity index (χ0v) is 17.2. The van der Waals surface area contributed by atoms with Crippen LogP contribution < -0.4 is 15.0 Å². The van der Waals surface area contributed by atoms with Crippen LogP contribution in [0.25, 0.3) is 0 Å². The topological polar surface area (TPSA) is 79.7 Å². The highest BCUT2D eigenvalue weighted by molar-refractivity contribution is 5.58. The monoisotopic (exact) mass is 438 g/mol. The van der Waals surface area contributed by atoms with E-state index in [4.69, 9.17) is 9.47 Å². The van der Waals surface area contributed by atoms with Gasteiger partial charge in [-0.2, -0.15) is 18.2 Å². The third-order valence-corrected chi connectivity index (χ3v) is 5.44. The van der Waals surface area contributed by atoms with Crippen molar-refractivity contribution in [2.75, 3.05) is 43.1 Å². The number of hydrogen-bond donors (Lipinski definition) is 2. The molecule has 0 spiro atoms. The van der Waals surface area contributed by atoms with Crippen molar-refractivity contribution in [2.45, 2.75) is 32.0 Å². The zero-order valence-electron chi connectivity index (χ0n) is 17.2. The summed E-state index contributed by atoms with van der Waals surface area (Å²) in [5, 5.41) is 12.6. The van der Waals surface area contributed by atoms with E-state index in [0.29, 0.717) is 57.2 Å². The second-order valence-electron chi connectivity index (χ2n) is 8.39. The Bertz CT molecular complexity index is 896. The number of piperidine rings is 1. The molecule has 3 heterocycles. The van der Waals surface area contributed by atoms with Gasteiger partial charge in [0.2, 0.25) is 5.95 Å². The molecule has 168 valence electrons. The summed E-state index contributed by atoms with van der Waals surface area (Å²) >= 11 is 0. The molecule has 0 atom stereocenters. The molecule has 0 aliphatic carbocycles. The van der Waals surface area contributed by atoms with Crippen molar-refractivity contribution >= 4 is 17.5 Å². The zero-order chi connectivity index (χ0) is 22.1. The standard InChI is InChI=1S/C21H25F3N4O3/c1-20(11-30-12-20)13-31-16-4-2-14(3-5-16)26-19-25-10-17(21(22,23)24)18(27-19)28-8-6-15(29)7-9-28/h2-5,10,15,29H,6-9,11-13H2,1H3,(H,25,26,27). The molecule has 2 N–H and O–H groups in total. The molecule has 0 bridgehead atoms. The summed E-state index contributed by atoms with van der Waals surface area (Å²) in [6, 6.07) is 7.07. The molecular formula is C21H25F3N4O3. The number of nitrogens with one attached hydrogen (secondary N) is 1. The molecule has 10 heteroatoms. The summed E-state index contributed by atoms with van der Waals surface area (Å²) < 4.78 is 51.4. The highest BCUT2D eigenvalue weighted by Gasteiger charge is 2.37. The van der Waals surface area contributed by atoms with Crippen LogP contribution in [-0.4, -0.2) is 54.1 Å². The maximum atomic E-state index is 13.5. The van der Waals surface area contributed by atoms with E-state index in [2.05, 4.69) is 22.2 Å². The molecular weight excluding hydrogens is 413 g/mol. The van der Waals surface area contributed by atoms with Gasteiger partial charge in [0.15, 0.2) is 0 Å². The summed E-state index contributed by atoms with van der Waals surface area (Å²) in [6.07, 6.45) is -3.46. The van der Waals surface area contributed by atoms with Crippen molar-refractivity contribution < 1.29 is 27.8 Å². The number of ether oxygens (including phenoxy) is 2.